The van der Waals surface area contributed by atoms with E-state index in [1.807, 2.05) is 0 Å². The van der Waals surface area contributed by atoms with Crippen molar-refractivity contribution in [2.75, 3.05) is 6.54 Å². The van der Waals surface area contributed by atoms with Crippen molar-refractivity contribution in [2.24, 2.45) is 5.73 Å². The fourth-order valence-electron chi connectivity index (χ4n) is 0.618. The van der Waals surface area contributed by atoms with Crippen molar-refractivity contribution in [3.05, 3.63) is 40.4 Å². The number of non-ortho nitro benzene ring substituents is 1. The van der Waals surface area contributed by atoms with Crippen molar-refractivity contribution >= 4 is 5.69 Å². The number of hydrogen-bond donors (Lipinski definition) is 3. The molecule has 0 saturated carbocycles. The van der Waals surface area contributed by atoms with Gasteiger partial charge in [0.25, 0.3) is 5.69 Å². The highest BCUT2D eigenvalue weighted by Crippen LogP contribution is 2.06. The van der Waals surface area contributed by atoms with Crippen LogP contribution >= 0.6 is 0 Å². The molecule has 1 aliphatic heterocycles. The molecular weight excluding hydrogens is 184 g/mol. The molecule has 1 saturated heterocycles. The Kier molecular flexibility index (Phi) is 5.38. The molecule has 6 N–H and O–H groups in total. The molecule has 6 heteroatoms. The number of hydrogen-bond acceptors (Lipinski definition) is 5. The van der Waals surface area contributed by atoms with E-state index in [-0.39, 0.29) is 11.8 Å². The van der Waals surface area contributed by atoms with Crippen LogP contribution in [-0.4, -0.2) is 17.6 Å². The lowest BCUT2D eigenvalue weighted by molar-refractivity contribution is -0.384. The highest BCUT2D eigenvalue weighted by Gasteiger charge is 2.10. The zero-order chi connectivity index (χ0) is 9.68. The number of para-hydroxylation sites is 1. The largest absolute Gasteiger partial charge is 0.344 e. The highest BCUT2D eigenvalue weighted by atomic mass is 16.6. The van der Waals surface area contributed by atoms with Crippen LogP contribution in [0, 0.1) is 10.1 Å². The zero-order valence-corrected chi connectivity index (χ0v) is 7.72. The van der Waals surface area contributed by atoms with Gasteiger partial charge in [0.2, 0.25) is 0 Å². The SMILES string of the molecule is N.NC1CN1.O=[N+]([O-])c1ccccc1. The smallest absolute Gasteiger partial charge is 0.269 e. The summed E-state index contributed by atoms with van der Waals surface area (Å²) in [4.78, 5) is 9.59. The van der Waals surface area contributed by atoms with Gasteiger partial charge in [-0.25, -0.2) is 0 Å². The Morgan fingerprint density at radius 3 is 2.07 bits per heavy atom. The Bertz CT molecular complexity index is 274. The minimum atomic E-state index is -0.417. The van der Waals surface area contributed by atoms with Gasteiger partial charge in [-0.2, -0.15) is 0 Å². The summed E-state index contributed by atoms with van der Waals surface area (Å²) in [5.41, 5.74) is 5.25. The number of nitrogens with one attached hydrogen (secondary N) is 1. The number of nitrogens with zero attached hydrogens (tertiary/aromatic N) is 1. The Morgan fingerprint density at radius 2 is 1.86 bits per heavy atom. The Morgan fingerprint density at radius 1 is 1.43 bits per heavy atom. The van der Waals surface area contributed by atoms with E-state index in [2.05, 4.69) is 5.32 Å². The summed E-state index contributed by atoms with van der Waals surface area (Å²) in [6.45, 7) is 1.01. The van der Waals surface area contributed by atoms with Gasteiger partial charge in [0.15, 0.2) is 0 Å². The lowest BCUT2D eigenvalue weighted by Crippen LogP contribution is -2.02. The third-order valence-corrected chi connectivity index (χ3v) is 1.41. The molecular formula is C8H14N4O2. The summed E-state index contributed by atoms with van der Waals surface area (Å²) in [6.07, 6.45) is 0.333. The highest BCUT2D eigenvalue weighted by molar-refractivity contribution is 5.27. The van der Waals surface area contributed by atoms with E-state index in [0.717, 1.165) is 6.54 Å². The summed E-state index contributed by atoms with van der Waals surface area (Å²) < 4.78 is 0. The molecule has 1 unspecified atom stereocenters. The Hall–Kier alpha value is -1.50. The topological polar surface area (TPSA) is 126 Å². The van der Waals surface area contributed by atoms with Gasteiger partial charge in [-0.05, 0) is 0 Å². The van der Waals surface area contributed by atoms with Gasteiger partial charge in [0.05, 0.1) is 11.1 Å². The van der Waals surface area contributed by atoms with Crippen molar-refractivity contribution in [2.45, 2.75) is 6.17 Å². The maximum atomic E-state index is 10.0. The predicted octanol–water partition coefficient (Wildman–Crippen LogP) is 0.631. The van der Waals surface area contributed by atoms with Crippen LogP contribution in [0.15, 0.2) is 30.3 Å². The van der Waals surface area contributed by atoms with Crippen LogP contribution in [0.3, 0.4) is 0 Å². The van der Waals surface area contributed by atoms with Crippen LogP contribution in [0.5, 0.6) is 0 Å². The van der Waals surface area contributed by atoms with Crippen LogP contribution in [-0.2, 0) is 0 Å². The lowest BCUT2D eigenvalue weighted by Gasteiger charge is -1.85. The zero-order valence-electron chi connectivity index (χ0n) is 7.72. The van der Waals surface area contributed by atoms with Crippen molar-refractivity contribution in [1.82, 2.24) is 11.5 Å². The van der Waals surface area contributed by atoms with Crippen LogP contribution in [0.4, 0.5) is 5.69 Å². The quantitative estimate of drug-likeness (QED) is 0.346. The Balaban J connectivity index is 0.000000286. The molecule has 0 bridgehead atoms. The third-order valence-electron chi connectivity index (χ3n) is 1.41. The maximum absolute atomic E-state index is 10.0. The first-order valence-corrected chi connectivity index (χ1v) is 3.88. The minimum Gasteiger partial charge on any atom is -0.344 e. The standard InChI is InChI=1S/C6H5NO2.C2H6N2.H3N/c8-7(9)6-4-2-1-3-5-6;3-2-1-4-2;/h1-5H;2,4H,1,3H2;1H3. The predicted molar refractivity (Wildman–Crippen MR) is 54.1 cm³/mol. The number of nitrogens with two attached hydrogens (primary N) is 1. The second kappa shape index (κ2) is 6.03. The lowest BCUT2D eigenvalue weighted by atomic mass is 10.3. The van der Waals surface area contributed by atoms with Crippen LogP contribution in [0.25, 0.3) is 0 Å². The average molecular weight is 198 g/mol. The normalized spacial score (nSPS) is 17.1. The van der Waals surface area contributed by atoms with E-state index in [9.17, 15) is 10.1 Å². The van der Waals surface area contributed by atoms with Gasteiger partial charge >= 0.3 is 0 Å². The summed E-state index contributed by atoms with van der Waals surface area (Å²) in [6, 6.07) is 7.93. The molecule has 0 aliphatic carbocycles. The van der Waals surface area contributed by atoms with E-state index < -0.39 is 4.92 Å². The minimum absolute atomic E-state index is 0. The fourth-order valence-corrected chi connectivity index (χ4v) is 0.618. The van der Waals surface area contributed by atoms with E-state index in [4.69, 9.17) is 5.73 Å². The van der Waals surface area contributed by atoms with E-state index >= 15 is 0 Å². The molecule has 0 aromatic heterocycles. The van der Waals surface area contributed by atoms with Gasteiger partial charge in [0.1, 0.15) is 0 Å². The summed E-state index contributed by atoms with van der Waals surface area (Å²) in [7, 11) is 0. The van der Waals surface area contributed by atoms with Crippen LogP contribution in [0.1, 0.15) is 0 Å². The first-order chi connectivity index (χ1) is 6.20. The molecule has 0 amide bonds. The molecule has 6 nitrogen and oxygen atoms in total. The third kappa shape index (κ3) is 5.20. The van der Waals surface area contributed by atoms with Crippen molar-refractivity contribution in [3.8, 4) is 0 Å². The van der Waals surface area contributed by atoms with Crippen molar-refractivity contribution in [1.29, 1.82) is 0 Å². The summed E-state index contributed by atoms with van der Waals surface area (Å²) >= 11 is 0. The first-order valence-electron chi connectivity index (χ1n) is 3.88. The Labute approximate surface area is 81.8 Å². The number of rotatable bonds is 1. The van der Waals surface area contributed by atoms with Crippen LogP contribution in [0.2, 0.25) is 0 Å². The van der Waals surface area contributed by atoms with Gasteiger partial charge in [-0.1, -0.05) is 18.2 Å². The van der Waals surface area contributed by atoms with Crippen molar-refractivity contribution in [3.63, 3.8) is 0 Å². The molecule has 1 atom stereocenters. The first kappa shape index (κ1) is 12.5. The van der Waals surface area contributed by atoms with Gasteiger partial charge < -0.3 is 11.9 Å². The maximum Gasteiger partial charge on any atom is 0.269 e. The molecule has 2 rings (SSSR count). The summed E-state index contributed by atoms with van der Waals surface area (Å²) in [5, 5.41) is 12.9. The molecule has 0 spiro atoms. The number of nitro groups is 1. The number of nitro benzene ring substituents is 1. The monoisotopic (exact) mass is 198 g/mol. The average Bonchev–Trinajstić information content (AvgIpc) is 2.90. The molecule has 0 radical (unpaired) electrons. The molecule has 1 aromatic rings. The van der Waals surface area contributed by atoms with Gasteiger partial charge in [0, 0.05) is 18.7 Å². The molecule has 1 fully saturated rings. The van der Waals surface area contributed by atoms with E-state index in [1.54, 1.807) is 18.2 Å². The van der Waals surface area contributed by atoms with E-state index in [0.29, 0.717) is 6.17 Å². The number of benzene rings is 1. The molecule has 1 aliphatic rings. The van der Waals surface area contributed by atoms with Crippen molar-refractivity contribution < 1.29 is 4.92 Å². The molecule has 78 valence electrons. The second-order valence-electron chi connectivity index (χ2n) is 2.61. The summed E-state index contributed by atoms with van der Waals surface area (Å²) in [5.74, 6) is 0. The molecule has 1 heterocycles. The van der Waals surface area contributed by atoms with Gasteiger partial charge in [-0.15, -0.1) is 0 Å². The second-order valence-corrected chi connectivity index (χ2v) is 2.61. The van der Waals surface area contributed by atoms with Crippen LogP contribution < -0.4 is 17.2 Å². The fraction of sp³-hybridized carbons (Fsp3) is 0.250. The van der Waals surface area contributed by atoms with E-state index in [1.165, 1.54) is 12.1 Å². The molecule has 14 heavy (non-hydrogen) atoms. The molecule has 1 aromatic carbocycles. The van der Waals surface area contributed by atoms with Gasteiger partial charge in [-0.3, -0.25) is 15.4 Å².